The zero-order valence-corrected chi connectivity index (χ0v) is 24.1. The highest BCUT2D eigenvalue weighted by Crippen LogP contribution is 2.42. The summed E-state index contributed by atoms with van der Waals surface area (Å²) in [5.74, 6) is 0.358. The summed E-state index contributed by atoms with van der Waals surface area (Å²) in [6.45, 7) is 10.2. The van der Waals surface area contributed by atoms with Crippen molar-refractivity contribution in [2.45, 2.75) is 58.7 Å². The second-order valence-electron chi connectivity index (χ2n) is 11.2. The summed E-state index contributed by atoms with van der Waals surface area (Å²) in [4.78, 5) is 28.5. The van der Waals surface area contributed by atoms with Gasteiger partial charge in [-0.15, -0.1) is 0 Å². The number of hydrogen-bond donors (Lipinski definition) is 1. The van der Waals surface area contributed by atoms with E-state index in [1.807, 2.05) is 89.2 Å². The molecule has 1 N–H and O–H groups in total. The normalized spacial score (nSPS) is 16.9. The van der Waals surface area contributed by atoms with Crippen molar-refractivity contribution < 1.29 is 28.9 Å². The highest BCUT2D eigenvalue weighted by molar-refractivity contribution is 6.46. The van der Waals surface area contributed by atoms with Crippen molar-refractivity contribution in [3.05, 3.63) is 94.6 Å². The lowest BCUT2D eigenvalue weighted by atomic mass is 9.84. The first kappa shape index (κ1) is 28.7. The summed E-state index contributed by atoms with van der Waals surface area (Å²) in [5.41, 5.74) is 2.54. The van der Waals surface area contributed by atoms with Crippen LogP contribution in [0.3, 0.4) is 0 Å². The Labute approximate surface area is 236 Å². The fourth-order valence-corrected chi connectivity index (χ4v) is 4.95. The van der Waals surface area contributed by atoms with E-state index in [4.69, 9.17) is 14.2 Å². The van der Waals surface area contributed by atoms with Crippen LogP contribution in [0.15, 0.2) is 72.3 Å². The predicted molar refractivity (Wildman–Crippen MR) is 155 cm³/mol. The molecule has 1 amide bonds. The van der Waals surface area contributed by atoms with Crippen LogP contribution in [0.2, 0.25) is 0 Å². The molecule has 1 aliphatic heterocycles. The molecule has 0 saturated carbocycles. The van der Waals surface area contributed by atoms with Gasteiger partial charge >= 0.3 is 0 Å². The molecule has 7 heteroatoms. The van der Waals surface area contributed by atoms with Crippen molar-refractivity contribution in [2.75, 3.05) is 14.2 Å². The molecule has 0 spiro atoms. The molecule has 0 bridgehead atoms. The number of aliphatic hydroxyl groups is 1. The topological polar surface area (TPSA) is 85.3 Å². The Morgan fingerprint density at radius 1 is 0.925 bits per heavy atom. The molecule has 210 valence electrons. The molecule has 0 aliphatic carbocycles. The molecule has 7 nitrogen and oxygen atoms in total. The summed E-state index contributed by atoms with van der Waals surface area (Å²) in [6, 6.07) is 19.1. The van der Waals surface area contributed by atoms with Gasteiger partial charge in [0.05, 0.1) is 31.9 Å². The minimum atomic E-state index is -0.806. The Bertz CT molecular complexity index is 1430. The predicted octanol–water partition coefficient (Wildman–Crippen LogP) is 6.41. The summed E-state index contributed by atoms with van der Waals surface area (Å²) in [6.07, 6.45) is -0.00312. The van der Waals surface area contributed by atoms with E-state index in [-0.39, 0.29) is 29.4 Å². The number of carbonyl (C=O) groups is 2. The number of ether oxygens (including phenoxy) is 3. The second kappa shape index (κ2) is 11.5. The Morgan fingerprint density at radius 3 is 2.23 bits per heavy atom. The van der Waals surface area contributed by atoms with Gasteiger partial charge in [0.2, 0.25) is 0 Å². The van der Waals surface area contributed by atoms with Crippen LogP contribution in [0.1, 0.15) is 62.9 Å². The van der Waals surface area contributed by atoms with Crippen molar-refractivity contribution >= 4 is 17.4 Å². The summed E-state index contributed by atoms with van der Waals surface area (Å²) < 4.78 is 16.7. The van der Waals surface area contributed by atoms with Gasteiger partial charge in [0, 0.05) is 17.7 Å². The third-order valence-electron chi connectivity index (χ3n) is 6.88. The number of amides is 1. The Balaban J connectivity index is 1.87. The van der Waals surface area contributed by atoms with Gasteiger partial charge in [-0.25, -0.2) is 0 Å². The minimum absolute atomic E-state index is 0.00312. The number of nitrogens with zero attached hydrogens (tertiary/aromatic N) is 1. The molecule has 1 unspecified atom stereocenters. The van der Waals surface area contributed by atoms with Crippen LogP contribution in [0, 0.1) is 0 Å². The van der Waals surface area contributed by atoms with E-state index in [2.05, 4.69) is 0 Å². The lowest BCUT2D eigenvalue weighted by Crippen LogP contribution is -2.29. The maximum Gasteiger partial charge on any atom is 0.295 e. The first-order valence-electron chi connectivity index (χ1n) is 13.3. The monoisotopic (exact) mass is 543 g/mol. The molecule has 1 saturated heterocycles. The molecule has 0 radical (unpaired) electrons. The van der Waals surface area contributed by atoms with Gasteiger partial charge in [-0.2, -0.15) is 0 Å². The van der Waals surface area contributed by atoms with Gasteiger partial charge in [0.25, 0.3) is 11.7 Å². The van der Waals surface area contributed by atoms with E-state index < -0.39 is 17.7 Å². The fraction of sp³-hybridized carbons (Fsp3) is 0.333. The van der Waals surface area contributed by atoms with Gasteiger partial charge in [-0.05, 0) is 72.9 Å². The SMILES string of the molecule is COc1cccc(CN2C(=O)C(=O)/C(=C(\O)c3ccc(OC)c(C(C)(C)C)c3)C2c2ccc(OC(C)C)cc2)c1. The third-order valence-corrected chi connectivity index (χ3v) is 6.88. The van der Waals surface area contributed by atoms with Crippen molar-refractivity contribution in [1.29, 1.82) is 0 Å². The fourth-order valence-electron chi connectivity index (χ4n) is 4.95. The molecule has 1 aliphatic rings. The van der Waals surface area contributed by atoms with E-state index in [1.54, 1.807) is 26.4 Å². The molecule has 1 fully saturated rings. The average molecular weight is 544 g/mol. The molecule has 1 atom stereocenters. The molecule has 4 rings (SSSR count). The average Bonchev–Trinajstić information content (AvgIpc) is 3.17. The number of benzene rings is 3. The number of methoxy groups -OCH3 is 2. The molecule has 40 heavy (non-hydrogen) atoms. The zero-order chi connectivity index (χ0) is 29.2. The van der Waals surface area contributed by atoms with Crippen molar-refractivity contribution in [3.8, 4) is 17.2 Å². The van der Waals surface area contributed by atoms with Crippen LogP contribution in [0.5, 0.6) is 17.2 Å². The Kier molecular flexibility index (Phi) is 8.24. The van der Waals surface area contributed by atoms with Gasteiger partial charge in [0.1, 0.15) is 23.0 Å². The quantitative estimate of drug-likeness (QED) is 0.201. The van der Waals surface area contributed by atoms with Gasteiger partial charge in [-0.1, -0.05) is 45.0 Å². The lowest BCUT2D eigenvalue weighted by molar-refractivity contribution is -0.140. The summed E-state index contributed by atoms with van der Waals surface area (Å²) in [5, 5.41) is 11.6. The first-order chi connectivity index (χ1) is 18.9. The van der Waals surface area contributed by atoms with E-state index in [0.717, 1.165) is 11.1 Å². The van der Waals surface area contributed by atoms with E-state index in [0.29, 0.717) is 28.4 Å². The maximum atomic E-state index is 13.6. The standard InChI is InChI=1S/C33H37NO6/c1-20(2)40-24-14-11-22(12-15-24)29-28(30(35)23-13-16-27(39-7)26(18-23)33(3,4)5)31(36)32(37)34(29)19-21-9-8-10-25(17-21)38-6/h8-18,20,29,35H,19H2,1-7H3/b30-28-. The molecule has 3 aromatic rings. The van der Waals surface area contributed by atoms with Crippen molar-refractivity contribution in [3.63, 3.8) is 0 Å². The van der Waals surface area contributed by atoms with Crippen LogP contribution >= 0.6 is 0 Å². The number of aliphatic hydroxyl groups excluding tert-OH is 1. The number of Topliss-reactive ketones (excluding diaryl/α,β-unsaturated/α-hetero) is 1. The zero-order valence-electron chi connectivity index (χ0n) is 24.1. The number of ketones is 1. The van der Waals surface area contributed by atoms with Gasteiger partial charge in [0.15, 0.2) is 0 Å². The summed E-state index contributed by atoms with van der Waals surface area (Å²) >= 11 is 0. The number of carbonyl (C=O) groups excluding carboxylic acids is 2. The van der Waals surface area contributed by atoms with Crippen LogP contribution in [-0.2, 0) is 21.5 Å². The van der Waals surface area contributed by atoms with Crippen molar-refractivity contribution in [1.82, 2.24) is 4.90 Å². The molecule has 3 aromatic carbocycles. The second-order valence-corrected chi connectivity index (χ2v) is 11.2. The minimum Gasteiger partial charge on any atom is -0.507 e. The molecular formula is C33H37NO6. The number of likely N-dealkylation sites (tertiary alicyclic amines) is 1. The highest BCUT2D eigenvalue weighted by Gasteiger charge is 2.46. The van der Waals surface area contributed by atoms with E-state index >= 15 is 0 Å². The van der Waals surface area contributed by atoms with Crippen LogP contribution in [0.25, 0.3) is 5.76 Å². The first-order valence-corrected chi connectivity index (χ1v) is 13.3. The number of hydrogen-bond acceptors (Lipinski definition) is 6. The summed E-state index contributed by atoms with van der Waals surface area (Å²) in [7, 11) is 3.17. The van der Waals surface area contributed by atoms with Crippen LogP contribution in [-0.4, -0.2) is 42.0 Å². The Morgan fingerprint density at radius 2 is 1.62 bits per heavy atom. The van der Waals surface area contributed by atoms with Gasteiger partial charge < -0.3 is 24.2 Å². The van der Waals surface area contributed by atoms with E-state index in [9.17, 15) is 14.7 Å². The third kappa shape index (κ3) is 5.83. The van der Waals surface area contributed by atoms with Gasteiger partial charge in [-0.3, -0.25) is 9.59 Å². The molecular weight excluding hydrogens is 506 g/mol. The highest BCUT2D eigenvalue weighted by atomic mass is 16.5. The van der Waals surface area contributed by atoms with Crippen LogP contribution in [0.4, 0.5) is 0 Å². The molecule has 1 heterocycles. The largest absolute Gasteiger partial charge is 0.507 e. The molecule has 0 aromatic heterocycles. The maximum absolute atomic E-state index is 13.6. The lowest BCUT2D eigenvalue weighted by Gasteiger charge is -2.26. The van der Waals surface area contributed by atoms with Crippen LogP contribution < -0.4 is 14.2 Å². The van der Waals surface area contributed by atoms with E-state index in [1.165, 1.54) is 4.90 Å². The smallest absolute Gasteiger partial charge is 0.295 e. The Hall–Kier alpha value is -4.26. The van der Waals surface area contributed by atoms with Crippen molar-refractivity contribution in [2.24, 2.45) is 0 Å². The number of rotatable bonds is 8.